The number of nitrogens with zero attached hydrogens (tertiary/aromatic N) is 2. The van der Waals surface area contributed by atoms with E-state index < -0.39 is 12.7 Å². The number of hydrogen-bond donors (Lipinski definition) is 3. The molecule has 128 valence electrons. The van der Waals surface area contributed by atoms with Crippen molar-refractivity contribution in [3.8, 4) is 0 Å². The third-order valence-electron chi connectivity index (χ3n) is 2.48. The molecule has 0 fully saturated rings. The van der Waals surface area contributed by atoms with Gasteiger partial charge in [0.1, 0.15) is 12.4 Å². The van der Waals surface area contributed by atoms with E-state index >= 15 is 0 Å². The maximum absolute atomic E-state index is 12.0. The van der Waals surface area contributed by atoms with Crippen LogP contribution in [0.4, 0.5) is 19.0 Å². The summed E-state index contributed by atoms with van der Waals surface area (Å²) in [4.78, 5) is 18.0. The predicted molar refractivity (Wildman–Crippen MR) is 84.2 cm³/mol. The molecular weight excluding hydrogens is 331 g/mol. The molecular formula is C13H18F3N5OS. The lowest BCUT2D eigenvalue weighted by molar-refractivity contribution is -0.119. The maximum Gasteiger partial charge on any atom is 0.408 e. The number of nitrogens with one attached hydrogen (secondary N) is 1. The molecule has 1 heterocycles. The van der Waals surface area contributed by atoms with Gasteiger partial charge in [0.25, 0.3) is 0 Å². The molecule has 1 aromatic heterocycles. The van der Waals surface area contributed by atoms with Crippen molar-refractivity contribution < 1.29 is 18.0 Å². The van der Waals surface area contributed by atoms with E-state index in [0.717, 1.165) is 12.2 Å². The summed E-state index contributed by atoms with van der Waals surface area (Å²) < 4.78 is 36.1. The summed E-state index contributed by atoms with van der Waals surface area (Å²) in [7, 11) is 0. The van der Waals surface area contributed by atoms with Gasteiger partial charge in [-0.15, -0.1) is 11.8 Å². The zero-order valence-corrected chi connectivity index (χ0v) is 13.1. The Kier molecular flexibility index (Phi) is 7.66. The van der Waals surface area contributed by atoms with Crippen LogP contribution in [0.1, 0.15) is 19.3 Å². The summed E-state index contributed by atoms with van der Waals surface area (Å²) in [6, 6.07) is 5.05. The van der Waals surface area contributed by atoms with E-state index in [2.05, 4.69) is 15.3 Å². The van der Waals surface area contributed by atoms with Crippen molar-refractivity contribution in [2.45, 2.75) is 30.5 Å². The van der Waals surface area contributed by atoms with Crippen LogP contribution in [0, 0.1) is 0 Å². The highest BCUT2D eigenvalue weighted by molar-refractivity contribution is 7.99. The molecule has 0 bridgehead atoms. The Labute approximate surface area is 135 Å². The number of unbranched alkanes of at least 4 members (excludes halogenated alkanes) is 1. The number of guanidine groups is 1. The third-order valence-corrected chi connectivity index (χ3v) is 3.49. The van der Waals surface area contributed by atoms with Gasteiger partial charge in [0.2, 0.25) is 5.91 Å². The lowest BCUT2D eigenvalue weighted by Gasteiger charge is -2.07. The zero-order chi connectivity index (χ0) is 17.3. The molecule has 0 aliphatic rings. The van der Waals surface area contributed by atoms with Crippen molar-refractivity contribution >= 4 is 29.4 Å². The first-order valence-electron chi connectivity index (χ1n) is 6.78. The Morgan fingerprint density at radius 2 is 2.04 bits per heavy atom. The van der Waals surface area contributed by atoms with Gasteiger partial charge >= 0.3 is 6.18 Å². The molecule has 0 saturated carbocycles. The molecule has 6 nitrogen and oxygen atoms in total. The first-order valence-corrected chi connectivity index (χ1v) is 7.76. The molecule has 5 N–H and O–H groups in total. The van der Waals surface area contributed by atoms with Gasteiger partial charge in [0.15, 0.2) is 5.96 Å². The van der Waals surface area contributed by atoms with Gasteiger partial charge in [-0.25, -0.2) is 9.98 Å². The number of carbonyl (C=O) groups is 1. The molecule has 10 heteroatoms. The van der Waals surface area contributed by atoms with E-state index in [0.29, 0.717) is 23.7 Å². The van der Waals surface area contributed by atoms with E-state index in [1.165, 1.54) is 11.8 Å². The molecule has 0 aromatic carbocycles. The van der Waals surface area contributed by atoms with E-state index in [1.54, 1.807) is 18.2 Å². The highest BCUT2D eigenvalue weighted by Gasteiger charge is 2.26. The average molecular weight is 349 g/mol. The van der Waals surface area contributed by atoms with Gasteiger partial charge in [-0.05, 0) is 30.7 Å². The Hall–Kier alpha value is -1.97. The summed E-state index contributed by atoms with van der Waals surface area (Å²) in [5, 5.41) is 3.21. The summed E-state index contributed by atoms with van der Waals surface area (Å²) in [5.74, 6) is 0.392. The lowest BCUT2D eigenvalue weighted by atomic mass is 10.2. The number of thioether (sulfide) groups is 1. The second kappa shape index (κ2) is 9.23. The van der Waals surface area contributed by atoms with E-state index in [4.69, 9.17) is 11.5 Å². The van der Waals surface area contributed by atoms with Gasteiger partial charge in [0, 0.05) is 6.42 Å². The van der Waals surface area contributed by atoms with Crippen molar-refractivity contribution in [2.24, 2.45) is 16.5 Å². The highest BCUT2D eigenvalue weighted by atomic mass is 32.2. The van der Waals surface area contributed by atoms with Gasteiger partial charge in [-0.3, -0.25) is 4.79 Å². The minimum atomic E-state index is -4.40. The van der Waals surface area contributed by atoms with Crippen LogP contribution in [0.5, 0.6) is 0 Å². The Balaban J connectivity index is 2.45. The minimum Gasteiger partial charge on any atom is -0.370 e. The molecule has 1 rings (SSSR count). The summed E-state index contributed by atoms with van der Waals surface area (Å²) in [6.45, 7) is -1.35. The topological polar surface area (TPSA) is 106 Å². The average Bonchev–Trinajstić information content (AvgIpc) is 2.44. The predicted octanol–water partition coefficient (Wildman–Crippen LogP) is 2.12. The molecule has 0 radical (unpaired) electrons. The minimum absolute atomic E-state index is 0.315. The van der Waals surface area contributed by atoms with E-state index in [-0.39, 0.29) is 11.9 Å². The number of amides is 1. The second-order valence-electron chi connectivity index (χ2n) is 4.57. The number of halogens is 3. The fraction of sp³-hybridized carbons (Fsp3) is 0.462. The van der Waals surface area contributed by atoms with Gasteiger partial charge < -0.3 is 16.8 Å². The monoisotopic (exact) mass is 349 g/mol. The van der Waals surface area contributed by atoms with E-state index in [9.17, 15) is 18.0 Å². The lowest BCUT2D eigenvalue weighted by Crippen LogP contribution is -2.26. The molecule has 0 aliphatic heterocycles. The van der Waals surface area contributed by atoms with Crippen molar-refractivity contribution in [3.63, 3.8) is 0 Å². The van der Waals surface area contributed by atoms with Crippen molar-refractivity contribution in [1.82, 2.24) is 4.98 Å². The number of aliphatic imine (C=N–C) groups is 1. The zero-order valence-electron chi connectivity index (χ0n) is 12.3. The molecule has 0 unspecified atom stereocenters. The fourth-order valence-electron chi connectivity index (χ4n) is 1.49. The summed E-state index contributed by atoms with van der Waals surface area (Å²) in [6.07, 6.45) is -2.54. The fourth-order valence-corrected chi connectivity index (χ4v) is 2.38. The van der Waals surface area contributed by atoms with Crippen molar-refractivity contribution in [3.05, 3.63) is 18.2 Å². The SMILES string of the molecule is NC(=O)CCCCSc1cccc(NC(N)=NCC(F)(F)F)n1. The van der Waals surface area contributed by atoms with Gasteiger partial charge in [-0.1, -0.05) is 6.07 Å². The van der Waals surface area contributed by atoms with Crippen LogP contribution in [-0.4, -0.2) is 35.3 Å². The van der Waals surface area contributed by atoms with Crippen LogP contribution < -0.4 is 16.8 Å². The van der Waals surface area contributed by atoms with Gasteiger partial charge in [-0.2, -0.15) is 13.2 Å². The van der Waals surface area contributed by atoms with Crippen LogP contribution >= 0.6 is 11.8 Å². The Bertz CT molecular complexity index is 551. The third kappa shape index (κ3) is 9.61. The number of aromatic nitrogens is 1. The number of primary amides is 1. The number of carbonyl (C=O) groups excluding carboxylic acids is 1. The smallest absolute Gasteiger partial charge is 0.370 e. The molecule has 1 amide bonds. The standard InChI is InChI=1S/C13H18F3N5OS/c14-13(15,16)8-19-12(18)21-10-5-3-6-11(20-10)23-7-2-1-4-9(17)22/h3,5-6H,1-2,4,7-8H2,(H2,17,22)(H3,18,19,20,21). The quantitative estimate of drug-likeness (QED) is 0.288. The number of anilines is 1. The highest BCUT2D eigenvalue weighted by Crippen LogP contribution is 2.19. The van der Waals surface area contributed by atoms with Crippen LogP contribution in [0.2, 0.25) is 0 Å². The molecule has 1 aromatic rings. The largest absolute Gasteiger partial charge is 0.408 e. The van der Waals surface area contributed by atoms with Crippen LogP contribution in [0.25, 0.3) is 0 Å². The molecule has 0 atom stereocenters. The number of alkyl halides is 3. The van der Waals surface area contributed by atoms with Crippen molar-refractivity contribution in [2.75, 3.05) is 17.6 Å². The number of hydrogen-bond acceptors (Lipinski definition) is 4. The number of pyridine rings is 1. The normalized spacial score (nSPS) is 12.2. The number of rotatable bonds is 8. The van der Waals surface area contributed by atoms with Crippen LogP contribution in [0.15, 0.2) is 28.2 Å². The molecule has 0 aliphatic carbocycles. The molecule has 0 saturated heterocycles. The molecule has 0 spiro atoms. The number of nitrogens with two attached hydrogens (primary N) is 2. The summed E-state index contributed by atoms with van der Waals surface area (Å²) in [5.41, 5.74) is 10.4. The van der Waals surface area contributed by atoms with E-state index in [1.807, 2.05) is 0 Å². The van der Waals surface area contributed by atoms with Gasteiger partial charge in [0.05, 0.1) is 5.03 Å². The Morgan fingerprint density at radius 1 is 1.30 bits per heavy atom. The maximum atomic E-state index is 12.0. The first-order chi connectivity index (χ1) is 10.8. The summed E-state index contributed by atoms with van der Waals surface area (Å²) >= 11 is 1.47. The van der Waals surface area contributed by atoms with Crippen molar-refractivity contribution in [1.29, 1.82) is 0 Å². The second-order valence-corrected chi connectivity index (χ2v) is 5.69. The van der Waals surface area contributed by atoms with Crippen LogP contribution in [-0.2, 0) is 4.79 Å². The van der Waals surface area contributed by atoms with Crippen LogP contribution in [0.3, 0.4) is 0 Å². The first kappa shape index (κ1) is 19.1. The molecule has 23 heavy (non-hydrogen) atoms. The Morgan fingerprint density at radius 3 is 2.70 bits per heavy atom.